The van der Waals surface area contributed by atoms with Gasteiger partial charge in [-0.25, -0.2) is 9.18 Å². The summed E-state index contributed by atoms with van der Waals surface area (Å²) in [7, 11) is 0. The van der Waals surface area contributed by atoms with Crippen LogP contribution < -0.4 is 5.32 Å². The fourth-order valence-corrected chi connectivity index (χ4v) is 4.81. The Morgan fingerprint density at radius 1 is 1.08 bits per heavy atom. The van der Waals surface area contributed by atoms with E-state index in [1.165, 1.54) is 12.1 Å². The zero-order valence-corrected chi connectivity index (χ0v) is 19.5. The van der Waals surface area contributed by atoms with Crippen molar-refractivity contribution >= 4 is 17.6 Å². The molecule has 4 rings (SSSR count). The number of rotatable bonds is 10. The van der Waals surface area contributed by atoms with Crippen LogP contribution in [0.5, 0.6) is 0 Å². The summed E-state index contributed by atoms with van der Waals surface area (Å²) in [5.74, 6) is -2.05. The Morgan fingerprint density at radius 3 is 2.50 bits per heavy atom. The molecule has 1 fully saturated rings. The molecular weight excluding hydrogens is 482 g/mol. The summed E-state index contributed by atoms with van der Waals surface area (Å²) in [6.07, 6.45) is -2.92. The van der Waals surface area contributed by atoms with E-state index in [-0.39, 0.29) is 31.6 Å². The minimum Gasteiger partial charge on any atom is -0.457 e. The molecule has 1 aliphatic carbocycles. The molecule has 1 aliphatic heterocycles. The van der Waals surface area contributed by atoms with E-state index in [9.17, 15) is 32.3 Å². The van der Waals surface area contributed by atoms with E-state index in [0.29, 0.717) is 55.0 Å². The molecule has 1 saturated carbocycles. The lowest BCUT2D eigenvalue weighted by Gasteiger charge is -2.32. The van der Waals surface area contributed by atoms with Gasteiger partial charge in [-0.3, -0.25) is 4.79 Å². The van der Waals surface area contributed by atoms with Crippen molar-refractivity contribution in [3.63, 3.8) is 0 Å². The van der Waals surface area contributed by atoms with Crippen molar-refractivity contribution < 1.29 is 42.1 Å². The summed E-state index contributed by atoms with van der Waals surface area (Å²) in [5.41, 5.74) is -2.98. The van der Waals surface area contributed by atoms with Gasteiger partial charge in [0.05, 0.1) is 11.1 Å². The molecule has 6 nitrogen and oxygen atoms in total. The number of benzene rings is 2. The van der Waals surface area contributed by atoms with Crippen LogP contribution >= 0.6 is 0 Å². The molecule has 36 heavy (non-hydrogen) atoms. The van der Waals surface area contributed by atoms with Gasteiger partial charge in [0.25, 0.3) is 5.91 Å². The van der Waals surface area contributed by atoms with Crippen LogP contribution in [-0.2, 0) is 27.7 Å². The number of alkyl halides is 3. The number of fused-ring (bicyclic) bond motifs is 1. The number of hydrogen-bond acceptors (Lipinski definition) is 5. The lowest BCUT2D eigenvalue weighted by molar-refractivity contribution is -0.138. The molecule has 2 aliphatic rings. The molecule has 0 radical (unpaired) electrons. The van der Waals surface area contributed by atoms with E-state index < -0.39 is 40.4 Å². The van der Waals surface area contributed by atoms with E-state index in [1.54, 1.807) is 6.07 Å². The Morgan fingerprint density at radius 2 is 1.83 bits per heavy atom. The highest BCUT2D eigenvalue weighted by Crippen LogP contribution is 2.55. The van der Waals surface area contributed by atoms with Crippen LogP contribution in [0.1, 0.15) is 72.0 Å². The quantitative estimate of drug-likeness (QED) is 0.242. The number of unbranched alkanes of at least 4 members (excludes halogenated alkanes) is 2. The second-order valence-corrected chi connectivity index (χ2v) is 9.62. The van der Waals surface area contributed by atoms with E-state index in [4.69, 9.17) is 9.84 Å². The molecule has 10 heteroatoms. The van der Waals surface area contributed by atoms with Crippen molar-refractivity contribution in [1.82, 2.24) is 0 Å². The number of nitrogens with one attached hydrogen (secondary N) is 1. The number of hydrogen-bond donors (Lipinski definition) is 3. The van der Waals surface area contributed by atoms with Crippen molar-refractivity contribution in [2.45, 2.75) is 68.7 Å². The van der Waals surface area contributed by atoms with Gasteiger partial charge in [0.1, 0.15) is 18.0 Å². The average Bonchev–Trinajstić information content (AvgIpc) is 3.50. The first-order chi connectivity index (χ1) is 17.0. The number of carbonyl (C=O) groups is 2. The van der Waals surface area contributed by atoms with E-state index in [0.717, 1.165) is 12.1 Å². The summed E-state index contributed by atoms with van der Waals surface area (Å²) >= 11 is 0. The third-order valence-corrected chi connectivity index (χ3v) is 6.96. The van der Waals surface area contributed by atoms with Crippen molar-refractivity contribution in [2.24, 2.45) is 0 Å². The second-order valence-electron chi connectivity index (χ2n) is 9.62. The molecule has 194 valence electrons. The van der Waals surface area contributed by atoms with Gasteiger partial charge in [-0.1, -0.05) is 6.42 Å². The smallest absolute Gasteiger partial charge is 0.416 e. The number of halogens is 4. The fraction of sp³-hybridized carbons (Fsp3) is 0.462. The molecule has 3 N–H and O–H groups in total. The van der Waals surface area contributed by atoms with Crippen LogP contribution in [0.3, 0.4) is 0 Å². The topological polar surface area (TPSA) is 95.9 Å². The monoisotopic (exact) mass is 509 g/mol. The Labute approximate surface area is 205 Å². The largest absolute Gasteiger partial charge is 0.457 e. The van der Waals surface area contributed by atoms with Crippen LogP contribution in [0.2, 0.25) is 0 Å². The number of cyclic esters (lactones) is 1. The number of carbonyl (C=O) groups excluding carboxylic acids is 2. The fourth-order valence-electron chi connectivity index (χ4n) is 4.81. The van der Waals surface area contributed by atoms with Gasteiger partial charge in [0.2, 0.25) is 0 Å². The van der Waals surface area contributed by atoms with Gasteiger partial charge in [0, 0.05) is 23.3 Å². The molecule has 0 bridgehead atoms. The average molecular weight is 509 g/mol. The van der Waals surface area contributed by atoms with Gasteiger partial charge in [-0.15, -0.1) is 0 Å². The maximum atomic E-state index is 14.7. The van der Waals surface area contributed by atoms with E-state index in [2.05, 4.69) is 5.32 Å². The van der Waals surface area contributed by atoms with Crippen molar-refractivity contribution in [1.29, 1.82) is 0 Å². The number of aliphatic hydroxyl groups is 2. The lowest BCUT2D eigenvalue weighted by Crippen LogP contribution is -2.46. The van der Waals surface area contributed by atoms with Gasteiger partial charge >= 0.3 is 12.1 Å². The van der Waals surface area contributed by atoms with Crippen LogP contribution in [0.4, 0.5) is 23.2 Å². The summed E-state index contributed by atoms with van der Waals surface area (Å²) in [5, 5.41) is 23.2. The van der Waals surface area contributed by atoms with Crippen LogP contribution in [0.25, 0.3) is 0 Å². The van der Waals surface area contributed by atoms with Gasteiger partial charge in [0.15, 0.2) is 0 Å². The summed E-state index contributed by atoms with van der Waals surface area (Å²) in [4.78, 5) is 25.0. The second kappa shape index (κ2) is 9.82. The Bertz CT molecular complexity index is 1160. The standard InChI is InChI=1S/C26H27F4NO5/c27-21-7-4-17(26(28,29)30)13-20(21)24(9-10-24)15-25(35,8-2-1-3-11-32)23(34)31-18-5-6-19-16(12-18)14-36-22(19)33/h4-7,12-13,32,35H,1-3,8-11,14-15H2,(H,31,34). The summed E-state index contributed by atoms with van der Waals surface area (Å²) in [6.45, 7) is 0.00115. The molecule has 0 aromatic heterocycles. The number of esters is 1. The number of ether oxygens (including phenoxy) is 1. The molecule has 0 spiro atoms. The first kappa shape index (κ1) is 26.1. The van der Waals surface area contributed by atoms with Crippen molar-refractivity contribution in [3.05, 3.63) is 64.5 Å². The highest BCUT2D eigenvalue weighted by Gasteiger charge is 2.53. The maximum Gasteiger partial charge on any atom is 0.416 e. The molecule has 0 saturated heterocycles. The van der Waals surface area contributed by atoms with Gasteiger partial charge in [-0.05, 0) is 80.5 Å². The maximum absolute atomic E-state index is 14.7. The predicted molar refractivity (Wildman–Crippen MR) is 122 cm³/mol. The predicted octanol–water partition coefficient (Wildman–Crippen LogP) is 4.86. The van der Waals surface area contributed by atoms with Crippen molar-refractivity contribution in [3.8, 4) is 0 Å². The van der Waals surface area contributed by atoms with Crippen LogP contribution in [0, 0.1) is 5.82 Å². The van der Waals surface area contributed by atoms with Gasteiger partial charge in [-0.2, -0.15) is 13.2 Å². The normalized spacial score (nSPS) is 17.8. The lowest BCUT2D eigenvalue weighted by atomic mass is 9.79. The Hall–Kier alpha value is -2.98. The highest BCUT2D eigenvalue weighted by molar-refractivity contribution is 5.99. The Kier molecular flexibility index (Phi) is 7.12. The molecular formula is C26H27F4NO5. The molecule has 1 unspecified atom stereocenters. The third kappa shape index (κ3) is 5.39. The van der Waals surface area contributed by atoms with Gasteiger partial charge < -0.3 is 20.3 Å². The van der Waals surface area contributed by atoms with Crippen molar-refractivity contribution in [2.75, 3.05) is 11.9 Å². The summed E-state index contributed by atoms with van der Waals surface area (Å²) in [6, 6.07) is 6.76. The Balaban J connectivity index is 1.60. The van der Waals surface area contributed by atoms with E-state index >= 15 is 0 Å². The highest BCUT2D eigenvalue weighted by atomic mass is 19.4. The molecule has 1 amide bonds. The zero-order chi connectivity index (χ0) is 26.1. The summed E-state index contributed by atoms with van der Waals surface area (Å²) < 4.78 is 59.5. The minimum atomic E-state index is -4.66. The molecule has 2 aromatic carbocycles. The number of aliphatic hydroxyl groups excluding tert-OH is 1. The number of anilines is 1. The minimum absolute atomic E-state index is 0.0201. The van der Waals surface area contributed by atoms with Crippen LogP contribution in [-0.4, -0.2) is 34.3 Å². The third-order valence-electron chi connectivity index (χ3n) is 6.96. The zero-order valence-electron chi connectivity index (χ0n) is 19.5. The molecule has 1 heterocycles. The first-order valence-corrected chi connectivity index (χ1v) is 11.8. The van der Waals surface area contributed by atoms with E-state index in [1.807, 2.05) is 0 Å². The molecule has 1 atom stereocenters. The SMILES string of the molecule is O=C1OCc2cc(NC(=O)C(O)(CCCCCO)CC3(c4cc(C(F)(F)F)ccc4F)CC3)ccc21. The first-order valence-electron chi connectivity index (χ1n) is 11.8. The van der Waals surface area contributed by atoms with Crippen LogP contribution in [0.15, 0.2) is 36.4 Å². The molecule has 2 aromatic rings. The number of amides is 1.